The fourth-order valence-corrected chi connectivity index (χ4v) is 7.32. The van der Waals surface area contributed by atoms with Gasteiger partial charge in [-0.3, -0.25) is 9.36 Å². The summed E-state index contributed by atoms with van der Waals surface area (Å²) in [4.78, 5) is 13.1. The first kappa shape index (κ1) is 29.6. The van der Waals surface area contributed by atoms with Gasteiger partial charge in [-0.15, -0.1) is 10.2 Å². The summed E-state index contributed by atoms with van der Waals surface area (Å²) in [5.41, 5.74) is 2.03. The summed E-state index contributed by atoms with van der Waals surface area (Å²) in [5.74, 6) is 0.251. The number of halogens is 2. The Bertz CT molecular complexity index is 1620. The zero-order valence-electron chi connectivity index (χ0n) is 22.2. The monoisotopic (exact) mass is 629 g/mol. The highest BCUT2D eigenvalue weighted by molar-refractivity contribution is 7.99. The van der Waals surface area contributed by atoms with Gasteiger partial charge >= 0.3 is 0 Å². The summed E-state index contributed by atoms with van der Waals surface area (Å²) < 4.78 is 30.0. The molecule has 1 aromatic heterocycles. The van der Waals surface area contributed by atoms with Crippen molar-refractivity contribution in [3.63, 3.8) is 0 Å². The molecule has 0 aliphatic carbocycles. The van der Waals surface area contributed by atoms with Gasteiger partial charge in [0.25, 0.3) is 0 Å². The van der Waals surface area contributed by atoms with Crippen molar-refractivity contribution in [1.82, 2.24) is 19.1 Å². The predicted molar refractivity (Wildman–Crippen MR) is 164 cm³/mol. The lowest BCUT2D eigenvalue weighted by molar-refractivity contribution is -0.113. The number of carbonyl (C=O) groups excluding carboxylic acids is 1. The first-order chi connectivity index (χ1) is 19.8. The molecule has 41 heavy (non-hydrogen) atoms. The van der Waals surface area contributed by atoms with Crippen LogP contribution in [-0.2, 0) is 21.4 Å². The Hall–Kier alpha value is -2.89. The van der Waals surface area contributed by atoms with Crippen LogP contribution in [0.15, 0.2) is 82.8 Å². The molecule has 4 aromatic rings. The number of anilines is 1. The van der Waals surface area contributed by atoms with Crippen LogP contribution in [0.4, 0.5) is 5.69 Å². The van der Waals surface area contributed by atoms with Crippen molar-refractivity contribution in [3.8, 4) is 11.4 Å². The van der Waals surface area contributed by atoms with Crippen LogP contribution >= 0.6 is 35.0 Å². The van der Waals surface area contributed by atoms with Gasteiger partial charge in [0.15, 0.2) is 11.0 Å². The van der Waals surface area contributed by atoms with Gasteiger partial charge in [0, 0.05) is 18.7 Å². The number of thioether (sulfide) groups is 1. The molecule has 0 atom stereocenters. The number of rotatable bonds is 9. The Morgan fingerprint density at radius 2 is 1.59 bits per heavy atom. The molecule has 1 fully saturated rings. The zero-order valence-corrected chi connectivity index (χ0v) is 25.3. The number of nitrogens with one attached hydrogen (secondary N) is 1. The molecule has 8 nitrogen and oxygen atoms in total. The fourth-order valence-electron chi connectivity index (χ4n) is 4.65. The molecular formula is C29H29Cl2N5O3S2. The van der Waals surface area contributed by atoms with Crippen molar-refractivity contribution in [1.29, 1.82) is 0 Å². The SMILES string of the molecule is O=C(CSc1nnc(-c2ccccc2Cl)n1Cc1ccccc1)Nc1cc(S(=O)(=O)N2CCCCCC2)ccc1Cl. The maximum atomic E-state index is 13.3. The number of amides is 1. The third kappa shape index (κ3) is 7.13. The lowest BCUT2D eigenvalue weighted by atomic mass is 10.2. The van der Waals surface area contributed by atoms with Gasteiger partial charge in [0.05, 0.1) is 32.9 Å². The molecule has 3 aromatic carbocycles. The van der Waals surface area contributed by atoms with E-state index in [4.69, 9.17) is 23.2 Å². The molecule has 12 heteroatoms. The van der Waals surface area contributed by atoms with E-state index in [-0.39, 0.29) is 27.3 Å². The van der Waals surface area contributed by atoms with Gasteiger partial charge in [-0.1, -0.05) is 90.3 Å². The normalized spacial score (nSPS) is 14.5. The van der Waals surface area contributed by atoms with Crippen LogP contribution in [0.5, 0.6) is 0 Å². The molecule has 0 saturated carbocycles. The molecule has 0 radical (unpaired) electrons. The standard InChI is InChI=1S/C29H29Cl2N5O3S2/c30-24-13-7-6-12-23(24)28-33-34-29(36(28)19-21-10-4-3-5-11-21)40-20-27(37)32-26-18-22(14-15-25(26)31)41(38,39)35-16-8-1-2-9-17-35/h3-7,10-15,18H,1-2,8-9,16-17,19-20H2,(H,32,37). The number of nitrogens with zero attached hydrogens (tertiary/aromatic N) is 4. The average molecular weight is 631 g/mol. The largest absolute Gasteiger partial charge is 0.324 e. The molecule has 5 rings (SSSR count). The minimum atomic E-state index is -3.69. The van der Waals surface area contributed by atoms with Crippen LogP contribution in [0.3, 0.4) is 0 Å². The van der Waals surface area contributed by atoms with Gasteiger partial charge in [0.2, 0.25) is 15.9 Å². The zero-order chi connectivity index (χ0) is 28.8. The second kappa shape index (κ2) is 13.4. The first-order valence-electron chi connectivity index (χ1n) is 13.3. The van der Waals surface area contributed by atoms with Gasteiger partial charge in [-0.25, -0.2) is 8.42 Å². The maximum Gasteiger partial charge on any atom is 0.243 e. The van der Waals surface area contributed by atoms with Gasteiger partial charge in [-0.2, -0.15) is 4.31 Å². The van der Waals surface area contributed by atoms with Crippen molar-refractivity contribution in [3.05, 3.63) is 88.4 Å². The second-order valence-corrected chi connectivity index (χ2v) is 13.3. The Balaban J connectivity index is 1.33. The van der Waals surface area contributed by atoms with Gasteiger partial charge < -0.3 is 5.32 Å². The highest BCUT2D eigenvalue weighted by Gasteiger charge is 2.26. The minimum absolute atomic E-state index is 0.00881. The molecule has 1 N–H and O–H groups in total. The van der Waals surface area contributed by atoms with Crippen molar-refractivity contribution in [2.24, 2.45) is 0 Å². The van der Waals surface area contributed by atoms with E-state index in [2.05, 4.69) is 15.5 Å². The van der Waals surface area contributed by atoms with E-state index in [1.54, 1.807) is 6.07 Å². The third-order valence-corrected chi connectivity index (χ3v) is 10.3. The highest BCUT2D eigenvalue weighted by atomic mass is 35.5. The van der Waals surface area contributed by atoms with E-state index in [9.17, 15) is 13.2 Å². The van der Waals surface area contributed by atoms with Gasteiger partial charge in [0.1, 0.15) is 0 Å². The molecule has 1 aliphatic rings. The van der Waals surface area contributed by atoms with E-state index in [0.717, 1.165) is 36.8 Å². The quantitative estimate of drug-likeness (QED) is 0.210. The Morgan fingerprint density at radius 1 is 0.878 bits per heavy atom. The molecule has 0 spiro atoms. The average Bonchev–Trinajstić information content (AvgIpc) is 3.15. The first-order valence-corrected chi connectivity index (χ1v) is 16.5. The molecular weight excluding hydrogens is 601 g/mol. The van der Waals surface area contributed by atoms with Crippen LogP contribution in [0.25, 0.3) is 11.4 Å². The second-order valence-electron chi connectivity index (χ2n) is 9.65. The van der Waals surface area contributed by atoms with E-state index >= 15 is 0 Å². The number of benzene rings is 3. The topological polar surface area (TPSA) is 97.2 Å². The maximum absolute atomic E-state index is 13.3. The summed E-state index contributed by atoms with van der Waals surface area (Å²) in [5, 5.41) is 12.9. The fraction of sp³-hybridized carbons (Fsp3) is 0.276. The number of sulfonamides is 1. The molecule has 1 aliphatic heterocycles. The highest BCUT2D eigenvalue weighted by Crippen LogP contribution is 2.31. The summed E-state index contributed by atoms with van der Waals surface area (Å²) in [6.07, 6.45) is 3.71. The smallest absolute Gasteiger partial charge is 0.243 e. The molecule has 1 amide bonds. The summed E-state index contributed by atoms with van der Waals surface area (Å²) in [6, 6.07) is 21.7. The predicted octanol–water partition coefficient (Wildman–Crippen LogP) is 6.60. The Kier molecular flexibility index (Phi) is 9.67. The Morgan fingerprint density at radius 3 is 2.32 bits per heavy atom. The molecule has 2 heterocycles. The lowest BCUT2D eigenvalue weighted by Gasteiger charge is -2.20. The molecule has 214 valence electrons. The Labute approximate surface area is 254 Å². The van der Waals surface area contributed by atoms with Gasteiger partial charge in [-0.05, 0) is 48.7 Å². The number of aromatic nitrogens is 3. The van der Waals surface area contributed by atoms with Crippen molar-refractivity contribution in [2.75, 3.05) is 24.2 Å². The lowest BCUT2D eigenvalue weighted by Crippen LogP contribution is -2.32. The van der Waals surface area contributed by atoms with Crippen molar-refractivity contribution >= 4 is 56.6 Å². The van der Waals surface area contributed by atoms with E-state index in [1.165, 1.54) is 34.3 Å². The van der Waals surface area contributed by atoms with Crippen LogP contribution in [-0.4, -0.2) is 52.2 Å². The summed E-state index contributed by atoms with van der Waals surface area (Å²) >= 11 is 14.0. The number of hydrogen-bond donors (Lipinski definition) is 1. The molecule has 0 unspecified atom stereocenters. The van der Waals surface area contributed by atoms with Crippen LogP contribution in [0, 0.1) is 0 Å². The van der Waals surface area contributed by atoms with Crippen molar-refractivity contribution in [2.45, 2.75) is 42.3 Å². The van der Waals surface area contributed by atoms with E-state index in [0.29, 0.717) is 35.6 Å². The van der Waals surface area contributed by atoms with E-state index in [1.807, 2.05) is 53.1 Å². The number of carbonyl (C=O) groups is 1. The molecule has 0 bridgehead atoms. The van der Waals surface area contributed by atoms with Crippen molar-refractivity contribution < 1.29 is 13.2 Å². The number of hydrogen-bond acceptors (Lipinski definition) is 6. The third-order valence-electron chi connectivity index (χ3n) is 6.76. The minimum Gasteiger partial charge on any atom is -0.324 e. The molecule has 1 saturated heterocycles. The van der Waals surface area contributed by atoms with Crippen LogP contribution in [0.2, 0.25) is 10.0 Å². The van der Waals surface area contributed by atoms with Crippen LogP contribution in [0.1, 0.15) is 31.2 Å². The summed E-state index contributed by atoms with van der Waals surface area (Å²) in [6.45, 7) is 1.47. The van der Waals surface area contributed by atoms with E-state index < -0.39 is 10.0 Å². The summed E-state index contributed by atoms with van der Waals surface area (Å²) in [7, 11) is -3.69. The van der Waals surface area contributed by atoms with Crippen LogP contribution < -0.4 is 5.32 Å².